The molecule has 1 aromatic rings. The monoisotopic (exact) mass is 223 g/mol. The second kappa shape index (κ2) is 5.13. The van der Waals surface area contributed by atoms with E-state index in [2.05, 4.69) is 36.0 Å². The van der Waals surface area contributed by atoms with Crippen LogP contribution in [0.25, 0.3) is 0 Å². The second-order valence-corrected chi connectivity index (χ2v) is 5.75. The van der Waals surface area contributed by atoms with Crippen LogP contribution in [0.15, 0.2) is 16.8 Å². The number of rotatable bonds is 4. The van der Waals surface area contributed by atoms with Crippen molar-refractivity contribution in [1.29, 1.82) is 0 Å². The molecule has 0 aliphatic heterocycles. The molecule has 1 aliphatic rings. The van der Waals surface area contributed by atoms with Gasteiger partial charge in [-0.25, -0.2) is 0 Å². The second-order valence-electron chi connectivity index (χ2n) is 4.97. The first-order valence-corrected chi connectivity index (χ1v) is 6.95. The zero-order valence-electron chi connectivity index (χ0n) is 9.70. The number of hydrogen-bond donors (Lipinski definition) is 1. The quantitative estimate of drug-likeness (QED) is 0.818. The molecule has 2 rings (SSSR count). The number of hydrogen-bond acceptors (Lipinski definition) is 2. The topological polar surface area (TPSA) is 12.0 Å². The van der Waals surface area contributed by atoms with Crippen LogP contribution in [-0.4, -0.2) is 6.54 Å². The molecule has 1 aliphatic carbocycles. The summed E-state index contributed by atoms with van der Waals surface area (Å²) in [5, 5.41) is 8.06. The lowest BCUT2D eigenvalue weighted by molar-refractivity contribution is 0.440. The van der Waals surface area contributed by atoms with Gasteiger partial charge in [0.05, 0.1) is 0 Å². The maximum absolute atomic E-state index is 3.65. The third-order valence-electron chi connectivity index (χ3n) is 3.56. The van der Waals surface area contributed by atoms with Crippen molar-refractivity contribution in [3.05, 3.63) is 22.4 Å². The lowest BCUT2D eigenvalue weighted by Crippen LogP contribution is -2.24. The van der Waals surface area contributed by atoms with E-state index in [1.165, 1.54) is 31.4 Å². The van der Waals surface area contributed by atoms with Gasteiger partial charge in [-0.05, 0) is 60.5 Å². The Kier molecular flexibility index (Phi) is 3.81. The summed E-state index contributed by atoms with van der Waals surface area (Å²) < 4.78 is 0. The van der Waals surface area contributed by atoms with Crippen LogP contribution >= 0.6 is 11.3 Å². The summed E-state index contributed by atoms with van der Waals surface area (Å²) in [5.41, 5.74) is 1.44. The Morgan fingerprint density at radius 1 is 1.53 bits per heavy atom. The highest BCUT2D eigenvalue weighted by Gasteiger charge is 2.21. The molecule has 0 spiro atoms. The zero-order valence-corrected chi connectivity index (χ0v) is 10.5. The minimum Gasteiger partial charge on any atom is -0.310 e. The molecule has 84 valence electrons. The average Bonchev–Trinajstić information content (AvgIpc) is 2.84. The van der Waals surface area contributed by atoms with E-state index >= 15 is 0 Å². The summed E-state index contributed by atoms with van der Waals surface area (Å²) in [4.78, 5) is 0. The van der Waals surface area contributed by atoms with Crippen molar-refractivity contribution < 1.29 is 0 Å². The fourth-order valence-electron chi connectivity index (χ4n) is 2.49. The molecule has 1 saturated carbocycles. The van der Waals surface area contributed by atoms with Crippen molar-refractivity contribution >= 4 is 11.3 Å². The van der Waals surface area contributed by atoms with Gasteiger partial charge in [-0.1, -0.05) is 13.3 Å². The molecule has 0 aromatic carbocycles. The summed E-state index contributed by atoms with van der Waals surface area (Å²) in [6.45, 7) is 5.84. The fourth-order valence-corrected chi connectivity index (χ4v) is 3.25. The van der Waals surface area contributed by atoms with Crippen LogP contribution in [0.2, 0.25) is 0 Å². The average molecular weight is 223 g/mol. The summed E-state index contributed by atoms with van der Waals surface area (Å²) >= 11 is 1.79. The van der Waals surface area contributed by atoms with Crippen LogP contribution in [0.5, 0.6) is 0 Å². The van der Waals surface area contributed by atoms with Crippen LogP contribution in [0.1, 0.15) is 44.7 Å². The normalized spacial score (nSPS) is 28.1. The van der Waals surface area contributed by atoms with Gasteiger partial charge in [0.2, 0.25) is 0 Å². The lowest BCUT2D eigenvalue weighted by atomic mass is 10.1. The molecule has 1 aromatic heterocycles. The summed E-state index contributed by atoms with van der Waals surface area (Å²) in [6.07, 6.45) is 4.27. The van der Waals surface area contributed by atoms with E-state index in [1.807, 2.05) is 0 Å². The van der Waals surface area contributed by atoms with Crippen molar-refractivity contribution in [2.24, 2.45) is 11.8 Å². The molecule has 0 radical (unpaired) electrons. The Hall–Kier alpha value is -0.340. The maximum atomic E-state index is 3.65. The van der Waals surface area contributed by atoms with Crippen molar-refractivity contribution in [2.45, 2.75) is 39.2 Å². The van der Waals surface area contributed by atoms with E-state index in [1.54, 1.807) is 11.3 Å². The largest absolute Gasteiger partial charge is 0.310 e. The van der Waals surface area contributed by atoms with Crippen LogP contribution in [-0.2, 0) is 0 Å². The Bertz CT molecular complexity index is 281. The Balaban J connectivity index is 1.74. The van der Waals surface area contributed by atoms with Gasteiger partial charge in [0.25, 0.3) is 0 Å². The van der Waals surface area contributed by atoms with Gasteiger partial charge in [0.15, 0.2) is 0 Å². The van der Waals surface area contributed by atoms with Gasteiger partial charge < -0.3 is 5.32 Å². The zero-order chi connectivity index (χ0) is 10.7. The maximum Gasteiger partial charge on any atom is 0.0300 e. The molecule has 3 unspecified atom stereocenters. The van der Waals surface area contributed by atoms with Crippen LogP contribution in [0.4, 0.5) is 0 Å². The van der Waals surface area contributed by atoms with Gasteiger partial charge in [0, 0.05) is 6.04 Å². The standard InChI is InChI=1S/C13H21NS/c1-10-3-4-12(7-10)8-14-11(2)13-5-6-15-9-13/h5-6,9-12,14H,3-4,7-8H2,1-2H3. The molecule has 2 heteroatoms. The van der Waals surface area contributed by atoms with E-state index in [4.69, 9.17) is 0 Å². The van der Waals surface area contributed by atoms with E-state index in [9.17, 15) is 0 Å². The van der Waals surface area contributed by atoms with E-state index in [0.717, 1.165) is 11.8 Å². The minimum absolute atomic E-state index is 0.521. The van der Waals surface area contributed by atoms with Crippen LogP contribution in [0.3, 0.4) is 0 Å². The molecule has 1 fully saturated rings. The first-order chi connectivity index (χ1) is 7.25. The third kappa shape index (κ3) is 3.05. The molecule has 0 amide bonds. The Morgan fingerprint density at radius 2 is 2.40 bits per heavy atom. The van der Waals surface area contributed by atoms with E-state index < -0.39 is 0 Å². The van der Waals surface area contributed by atoms with Crippen molar-refractivity contribution in [3.8, 4) is 0 Å². The van der Waals surface area contributed by atoms with E-state index in [0.29, 0.717) is 6.04 Å². The highest BCUT2D eigenvalue weighted by atomic mass is 32.1. The minimum atomic E-state index is 0.521. The third-order valence-corrected chi connectivity index (χ3v) is 4.26. The van der Waals surface area contributed by atoms with Crippen molar-refractivity contribution in [1.82, 2.24) is 5.32 Å². The molecule has 1 N–H and O–H groups in total. The van der Waals surface area contributed by atoms with Gasteiger partial charge in [-0.2, -0.15) is 11.3 Å². The van der Waals surface area contributed by atoms with Gasteiger partial charge in [-0.15, -0.1) is 0 Å². The van der Waals surface area contributed by atoms with E-state index in [-0.39, 0.29) is 0 Å². The van der Waals surface area contributed by atoms with Gasteiger partial charge >= 0.3 is 0 Å². The molecule has 0 saturated heterocycles. The Morgan fingerprint density at radius 3 is 3.00 bits per heavy atom. The van der Waals surface area contributed by atoms with Gasteiger partial charge in [0.1, 0.15) is 0 Å². The highest BCUT2D eigenvalue weighted by molar-refractivity contribution is 7.07. The molecule has 15 heavy (non-hydrogen) atoms. The molecule has 1 nitrogen and oxygen atoms in total. The lowest BCUT2D eigenvalue weighted by Gasteiger charge is -2.16. The summed E-state index contributed by atoms with van der Waals surface area (Å²) in [5.74, 6) is 1.87. The van der Waals surface area contributed by atoms with Crippen molar-refractivity contribution in [3.63, 3.8) is 0 Å². The smallest absolute Gasteiger partial charge is 0.0300 e. The number of nitrogens with one attached hydrogen (secondary N) is 1. The van der Waals surface area contributed by atoms with Crippen LogP contribution < -0.4 is 5.32 Å². The molecule has 1 heterocycles. The molecule has 0 bridgehead atoms. The van der Waals surface area contributed by atoms with Crippen LogP contribution in [0, 0.1) is 11.8 Å². The number of thiophene rings is 1. The molecular weight excluding hydrogens is 202 g/mol. The summed E-state index contributed by atoms with van der Waals surface area (Å²) in [6, 6.07) is 2.74. The predicted molar refractivity (Wildman–Crippen MR) is 67.2 cm³/mol. The Labute approximate surface area is 96.9 Å². The van der Waals surface area contributed by atoms with Gasteiger partial charge in [-0.3, -0.25) is 0 Å². The summed E-state index contributed by atoms with van der Waals surface area (Å²) in [7, 11) is 0. The predicted octanol–water partition coefficient (Wildman–Crippen LogP) is 3.83. The first kappa shape index (κ1) is 11.2. The molecular formula is C13H21NS. The SMILES string of the molecule is CC1CCC(CNC(C)c2ccsc2)C1. The fraction of sp³-hybridized carbons (Fsp3) is 0.692. The first-order valence-electron chi connectivity index (χ1n) is 6.01. The molecule has 3 atom stereocenters. The van der Waals surface area contributed by atoms with Crippen molar-refractivity contribution in [2.75, 3.05) is 6.54 Å². The highest BCUT2D eigenvalue weighted by Crippen LogP contribution is 2.30.